The molecule has 2 rings (SSSR count). The first-order valence-electron chi connectivity index (χ1n) is 6.29. The van der Waals surface area contributed by atoms with Gasteiger partial charge in [-0.3, -0.25) is 14.2 Å². The van der Waals surface area contributed by atoms with Crippen LogP contribution in [0, 0.1) is 20.8 Å². The number of anilines is 1. The van der Waals surface area contributed by atoms with Crippen LogP contribution in [0.15, 0.2) is 6.20 Å². The predicted octanol–water partition coefficient (Wildman–Crippen LogP) is 1.81. The van der Waals surface area contributed by atoms with Crippen molar-refractivity contribution in [3.05, 3.63) is 28.8 Å². The van der Waals surface area contributed by atoms with Crippen LogP contribution in [0.4, 0.5) is 5.69 Å². The lowest BCUT2D eigenvalue weighted by Crippen LogP contribution is -2.14. The molecule has 0 saturated heterocycles. The number of hydrogen-bond acceptors (Lipinski definition) is 3. The lowest BCUT2D eigenvalue weighted by Gasteiger charge is -2.05. The minimum atomic E-state index is -0.137. The number of aryl methyl sites for hydroxylation is 3. The molecule has 0 spiro atoms. The van der Waals surface area contributed by atoms with Gasteiger partial charge in [0.25, 0.3) is 5.91 Å². The van der Waals surface area contributed by atoms with E-state index in [1.165, 1.54) is 0 Å². The van der Waals surface area contributed by atoms with E-state index in [4.69, 9.17) is 0 Å². The summed E-state index contributed by atoms with van der Waals surface area (Å²) in [5, 5.41) is 11.4. The van der Waals surface area contributed by atoms with E-state index < -0.39 is 0 Å². The van der Waals surface area contributed by atoms with Crippen molar-refractivity contribution in [2.24, 2.45) is 7.05 Å². The minimum Gasteiger partial charge on any atom is -0.319 e. The van der Waals surface area contributed by atoms with Gasteiger partial charge in [0.1, 0.15) is 0 Å². The smallest absolute Gasteiger partial charge is 0.259 e. The maximum absolute atomic E-state index is 12.3. The molecule has 102 valence electrons. The Hall–Kier alpha value is -2.11. The van der Waals surface area contributed by atoms with Gasteiger partial charge in [-0.2, -0.15) is 10.2 Å². The maximum Gasteiger partial charge on any atom is 0.259 e. The summed E-state index contributed by atoms with van der Waals surface area (Å²) >= 11 is 0. The molecule has 0 radical (unpaired) electrons. The molecule has 6 nitrogen and oxygen atoms in total. The standard InChI is InChI=1S/C13H19N5O/c1-6-18-9(3)11(7-14-18)15-13(19)12-8(2)16-17(5)10(12)4/h7H,6H2,1-5H3,(H,15,19). The van der Waals surface area contributed by atoms with Crippen molar-refractivity contribution in [2.45, 2.75) is 34.2 Å². The molecule has 0 aliphatic carbocycles. The number of carbonyl (C=O) groups is 1. The Morgan fingerprint density at radius 3 is 2.47 bits per heavy atom. The molecule has 0 atom stereocenters. The summed E-state index contributed by atoms with van der Waals surface area (Å²) in [5.41, 5.74) is 3.92. The number of aromatic nitrogens is 4. The number of nitrogens with one attached hydrogen (secondary N) is 1. The van der Waals surface area contributed by atoms with Gasteiger partial charge in [0.2, 0.25) is 0 Å². The zero-order valence-electron chi connectivity index (χ0n) is 12.0. The first-order chi connectivity index (χ1) is 8.95. The molecular weight excluding hydrogens is 242 g/mol. The highest BCUT2D eigenvalue weighted by atomic mass is 16.1. The Morgan fingerprint density at radius 2 is 2.00 bits per heavy atom. The molecule has 0 unspecified atom stereocenters. The number of hydrogen-bond donors (Lipinski definition) is 1. The summed E-state index contributed by atoms with van der Waals surface area (Å²) in [6.07, 6.45) is 1.68. The van der Waals surface area contributed by atoms with E-state index in [0.29, 0.717) is 5.56 Å². The van der Waals surface area contributed by atoms with Gasteiger partial charge in [0.05, 0.1) is 28.8 Å². The van der Waals surface area contributed by atoms with Gasteiger partial charge in [-0.05, 0) is 27.7 Å². The monoisotopic (exact) mass is 261 g/mol. The second kappa shape index (κ2) is 4.87. The minimum absolute atomic E-state index is 0.137. The first kappa shape index (κ1) is 13.3. The lowest BCUT2D eigenvalue weighted by atomic mass is 10.2. The molecular formula is C13H19N5O. The molecule has 1 amide bonds. The van der Waals surface area contributed by atoms with Crippen molar-refractivity contribution in [3.8, 4) is 0 Å². The average molecular weight is 261 g/mol. The zero-order valence-corrected chi connectivity index (χ0v) is 12.0. The summed E-state index contributed by atoms with van der Waals surface area (Å²) in [6.45, 7) is 8.46. The molecule has 2 aromatic heterocycles. The molecule has 6 heteroatoms. The van der Waals surface area contributed by atoms with E-state index in [1.54, 1.807) is 10.9 Å². The van der Waals surface area contributed by atoms with Gasteiger partial charge in [-0.15, -0.1) is 0 Å². The molecule has 2 heterocycles. The number of carbonyl (C=O) groups excluding carboxylic acids is 1. The van der Waals surface area contributed by atoms with Crippen molar-refractivity contribution in [1.82, 2.24) is 19.6 Å². The highest BCUT2D eigenvalue weighted by molar-refractivity contribution is 6.06. The Labute approximate surface area is 112 Å². The van der Waals surface area contributed by atoms with Crippen molar-refractivity contribution < 1.29 is 4.79 Å². The molecule has 0 aliphatic rings. The number of amides is 1. The van der Waals surface area contributed by atoms with Crippen LogP contribution in [0.5, 0.6) is 0 Å². The second-order valence-electron chi connectivity index (χ2n) is 4.58. The third kappa shape index (κ3) is 2.25. The van der Waals surface area contributed by atoms with Gasteiger partial charge < -0.3 is 5.32 Å². The quantitative estimate of drug-likeness (QED) is 0.916. The number of nitrogens with zero attached hydrogens (tertiary/aromatic N) is 4. The molecule has 0 fully saturated rings. The molecule has 2 aromatic rings. The SMILES string of the molecule is CCn1ncc(NC(=O)c2c(C)nn(C)c2C)c1C. The van der Waals surface area contributed by atoms with Crippen LogP contribution in [-0.4, -0.2) is 25.5 Å². The molecule has 0 bridgehead atoms. The molecule has 0 aromatic carbocycles. The fraction of sp³-hybridized carbons (Fsp3) is 0.462. The van der Waals surface area contributed by atoms with Gasteiger partial charge in [-0.25, -0.2) is 0 Å². The van der Waals surface area contributed by atoms with E-state index in [0.717, 1.165) is 29.3 Å². The van der Waals surface area contributed by atoms with Gasteiger partial charge in [-0.1, -0.05) is 0 Å². The average Bonchev–Trinajstić information content (AvgIpc) is 2.81. The van der Waals surface area contributed by atoms with E-state index in [1.807, 2.05) is 39.4 Å². The van der Waals surface area contributed by atoms with Crippen LogP contribution in [0.25, 0.3) is 0 Å². The third-order valence-corrected chi connectivity index (χ3v) is 3.39. The molecule has 19 heavy (non-hydrogen) atoms. The van der Waals surface area contributed by atoms with Crippen LogP contribution >= 0.6 is 0 Å². The summed E-state index contributed by atoms with van der Waals surface area (Å²) in [7, 11) is 1.83. The summed E-state index contributed by atoms with van der Waals surface area (Å²) in [5.74, 6) is -0.137. The van der Waals surface area contributed by atoms with Crippen molar-refractivity contribution in [1.29, 1.82) is 0 Å². The van der Waals surface area contributed by atoms with Crippen molar-refractivity contribution in [3.63, 3.8) is 0 Å². The Kier molecular flexibility index (Phi) is 3.42. The van der Waals surface area contributed by atoms with E-state index in [9.17, 15) is 4.79 Å². The Balaban J connectivity index is 2.28. The fourth-order valence-electron chi connectivity index (χ4n) is 2.18. The van der Waals surface area contributed by atoms with E-state index in [2.05, 4.69) is 15.5 Å². The predicted molar refractivity (Wildman–Crippen MR) is 73.3 cm³/mol. The van der Waals surface area contributed by atoms with Crippen molar-refractivity contribution >= 4 is 11.6 Å². The summed E-state index contributed by atoms with van der Waals surface area (Å²) in [6, 6.07) is 0. The van der Waals surface area contributed by atoms with Crippen LogP contribution in [-0.2, 0) is 13.6 Å². The summed E-state index contributed by atoms with van der Waals surface area (Å²) in [4.78, 5) is 12.3. The van der Waals surface area contributed by atoms with E-state index in [-0.39, 0.29) is 5.91 Å². The van der Waals surface area contributed by atoms with Gasteiger partial charge in [0.15, 0.2) is 0 Å². The third-order valence-electron chi connectivity index (χ3n) is 3.39. The maximum atomic E-state index is 12.3. The molecule has 1 N–H and O–H groups in total. The van der Waals surface area contributed by atoms with Crippen LogP contribution in [0.2, 0.25) is 0 Å². The summed E-state index contributed by atoms with van der Waals surface area (Å²) < 4.78 is 3.56. The largest absolute Gasteiger partial charge is 0.319 e. The normalized spacial score (nSPS) is 10.8. The topological polar surface area (TPSA) is 64.7 Å². The van der Waals surface area contributed by atoms with Crippen LogP contribution < -0.4 is 5.32 Å². The molecule has 0 saturated carbocycles. The fourth-order valence-corrected chi connectivity index (χ4v) is 2.18. The first-order valence-corrected chi connectivity index (χ1v) is 6.29. The van der Waals surface area contributed by atoms with Crippen LogP contribution in [0.1, 0.15) is 34.4 Å². The zero-order chi connectivity index (χ0) is 14.2. The highest BCUT2D eigenvalue weighted by Crippen LogP contribution is 2.17. The Morgan fingerprint density at radius 1 is 1.32 bits per heavy atom. The van der Waals surface area contributed by atoms with Crippen LogP contribution in [0.3, 0.4) is 0 Å². The second-order valence-corrected chi connectivity index (χ2v) is 4.58. The highest BCUT2D eigenvalue weighted by Gasteiger charge is 2.18. The molecule has 0 aliphatic heterocycles. The number of rotatable bonds is 3. The van der Waals surface area contributed by atoms with E-state index >= 15 is 0 Å². The Bertz CT molecular complexity index is 623. The lowest BCUT2D eigenvalue weighted by molar-refractivity contribution is 0.102. The van der Waals surface area contributed by atoms with Gasteiger partial charge in [0, 0.05) is 19.3 Å². The van der Waals surface area contributed by atoms with Gasteiger partial charge >= 0.3 is 0 Å². The van der Waals surface area contributed by atoms with Crippen molar-refractivity contribution in [2.75, 3.05) is 5.32 Å².